The van der Waals surface area contributed by atoms with Gasteiger partial charge in [0.05, 0.1) is 26.1 Å². The Morgan fingerprint density at radius 3 is 1.93 bits per heavy atom. The van der Waals surface area contributed by atoms with E-state index in [-0.39, 0.29) is 43.1 Å². The van der Waals surface area contributed by atoms with E-state index in [1.165, 1.54) is 0 Å². The Balaban J connectivity index is 3.67. The summed E-state index contributed by atoms with van der Waals surface area (Å²) in [6, 6.07) is 0.657. The molecule has 0 amide bonds. The Morgan fingerprint density at radius 1 is 0.821 bits per heavy atom. The lowest BCUT2D eigenvalue weighted by Gasteiger charge is -2.24. The molecule has 164 valence electrons. The average Bonchev–Trinajstić information content (AvgIpc) is 2.68. The molecule has 0 saturated heterocycles. The number of thioether (sulfide) groups is 1. The van der Waals surface area contributed by atoms with Gasteiger partial charge in [-0.3, -0.25) is 14.4 Å². The quantitative estimate of drug-likeness (QED) is 0.153. The molecular formula is C17H32O8S2Si. The fourth-order valence-corrected chi connectivity index (χ4v) is 4.92. The van der Waals surface area contributed by atoms with E-state index in [1.807, 2.05) is 0 Å². The van der Waals surface area contributed by atoms with Crippen molar-refractivity contribution >= 4 is 50.2 Å². The Hall–Kier alpha value is -0.593. The summed E-state index contributed by atoms with van der Waals surface area (Å²) in [5.74, 6) is 0.163. The van der Waals surface area contributed by atoms with Gasteiger partial charge in [-0.15, -0.1) is 0 Å². The Morgan fingerprint density at radius 2 is 1.39 bits per heavy atom. The van der Waals surface area contributed by atoms with Crippen molar-refractivity contribution in [2.24, 2.45) is 0 Å². The predicted molar refractivity (Wildman–Crippen MR) is 113 cm³/mol. The van der Waals surface area contributed by atoms with Crippen LogP contribution in [0.4, 0.5) is 0 Å². The molecule has 0 N–H and O–H groups in total. The highest BCUT2D eigenvalue weighted by Crippen LogP contribution is 2.18. The van der Waals surface area contributed by atoms with Gasteiger partial charge < -0.3 is 22.8 Å². The van der Waals surface area contributed by atoms with Gasteiger partial charge in [0, 0.05) is 51.7 Å². The smallest absolute Gasteiger partial charge is 0.466 e. The van der Waals surface area contributed by atoms with E-state index in [1.54, 1.807) is 21.3 Å². The molecule has 0 aromatic carbocycles. The molecule has 0 saturated carbocycles. The zero-order chi connectivity index (χ0) is 21.3. The minimum atomic E-state index is -2.57. The van der Waals surface area contributed by atoms with E-state index in [0.29, 0.717) is 36.8 Å². The Bertz CT molecular complexity index is 452. The number of unbranched alkanes of at least 4 members (excludes halogenated alkanes) is 1. The maximum atomic E-state index is 11.8. The molecular weight excluding hydrogens is 424 g/mol. The molecule has 28 heavy (non-hydrogen) atoms. The normalized spacial score (nSPS) is 11.3. The third-order valence-electron chi connectivity index (χ3n) is 3.75. The van der Waals surface area contributed by atoms with E-state index in [0.717, 1.165) is 18.2 Å². The minimum absolute atomic E-state index is 0.0448. The van der Waals surface area contributed by atoms with E-state index < -0.39 is 8.80 Å². The lowest BCUT2D eigenvalue weighted by atomic mass is 10.3. The van der Waals surface area contributed by atoms with E-state index in [4.69, 9.17) is 22.8 Å². The van der Waals surface area contributed by atoms with Gasteiger partial charge in [-0.25, -0.2) is 0 Å². The van der Waals surface area contributed by atoms with Crippen molar-refractivity contribution in [3.8, 4) is 0 Å². The highest BCUT2D eigenvalue weighted by molar-refractivity contribution is 8.13. The number of carbonyl (C=O) groups is 3. The SMILES string of the molecule is CO[Si](CCCCC(=O)SCCC(=O)OCCCOC(=O)CCS)(OC)OC. The van der Waals surface area contributed by atoms with Crippen molar-refractivity contribution in [3.63, 3.8) is 0 Å². The summed E-state index contributed by atoms with van der Waals surface area (Å²) < 4.78 is 25.9. The average molecular weight is 457 g/mol. The molecule has 0 aliphatic rings. The van der Waals surface area contributed by atoms with Crippen molar-refractivity contribution in [3.05, 3.63) is 0 Å². The lowest BCUT2D eigenvalue weighted by molar-refractivity contribution is -0.145. The van der Waals surface area contributed by atoms with Crippen LogP contribution in [0, 0.1) is 0 Å². The van der Waals surface area contributed by atoms with Gasteiger partial charge in [-0.05, 0) is 12.8 Å². The first-order chi connectivity index (χ1) is 13.4. The van der Waals surface area contributed by atoms with Crippen LogP contribution in [0.5, 0.6) is 0 Å². The highest BCUT2D eigenvalue weighted by atomic mass is 32.2. The standard InChI is InChI=1S/C17H32O8S2Si/c1-21-28(22-2,23-3)14-5-4-7-17(20)27-13-9-16(19)25-11-6-10-24-15(18)8-12-26/h26H,4-14H2,1-3H3. The molecule has 0 aliphatic heterocycles. The molecule has 0 spiro atoms. The van der Waals surface area contributed by atoms with Crippen molar-refractivity contribution in [2.45, 2.75) is 44.6 Å². The van der Waals surface area contributed by atoms with Crippen LogP contribution in [0.2, 0.25) is 6.04 Å². The fourth-order valence-electron chi connectivity index (χ4n) is 2.15. The molecule has 0 atom stereocenters. The van der Waals surface area contributed by atoms with Gasteiger partial charge >= 0.3 is 20.7 Å². The number of rotatable bonds is 17. The third-order valence-corrected chi connectivity index (χ3v) is 7.74. The maximum absolute atomic E-state index is 11.8. The number of thiol groups is 1. The van der Waals surface area contributed by atoms with Gasteiger partial charge in [0.15, 0.2) is 5.12 Å². The van der Waals surface area contributed by atoms with E-state index in [9.17, 15) is 14.4 Å². The summed E-state index contributed by atoms with van der Waals surface area (Å²) in [6.07, 6.45) is 2.80. The second-order valence-corrected chi connectivity index (χ2v) is 10.4. The first kappa shape index (κ1) is 27.4. The van der Waals surface area contributed by atoms with Gasteiger partial charge in [0.1, 0.15) is 0 Å². The van der Waals surface area contributed by atoms with Crippen LogP contribution >= 0.6 is 24.4 Å². The van der Waals surface area contributed by atoms with Crippen molar-refractivity contribution < 1.29 is 37.1 Å². The monoisotopic (exact) mass is 456 g/mol. The first-order valence-corrected chi connectivity index (χ1v) is 12.7. The second-order valence-electron chi connectivity index (χ2n) is 5.74. The molecule has 0 radical (unpaired) electrons. The molecule has 8 nitrogen and oxygen atoms in total. The van der Waals surface area contributed by atoms with Gasteiger partial charge in [-0.2, -0.15) is 12.6 Å². The molecule has 0 fully saturated rings. The summed E-state index contributed by atoms with van der Waals surface area (Å²) >= 11 is 5.07. The number of carbonyl (C=O) groups excluding carboxylic acids is 3. The van der Waals surface area contributed by atoms with Gasteiger partial charge in [-0.1, -0.05) is 11.8 Å². The molecule has 0 aliphatic carbocycles. The Labute approximate surface area is 178 Å². The van der Waals surface area contributed by atoms with Crippen LogP contribution < -0.4 is 0 Å². The number of esters is 2. The van der Waals surface area contributed by atoms with E-state index >= 15 is 0 Å². The summed E-state index contributed by atoms with van der Waals surface area (Å²) in [5.41, 5.74) is 0. The van der Waals surface area contributed by atoms with Crippen LogP contribution in [0.15, 0.2) is 0 Å². The van der Waals surface area contributed by atoms with Crippen LogP contribution in [0.1, 0.15) is 38.5 Å². The zero-order valence-corrected chi connectivity index (χ0v) is 19.6. The fraction of sp³-hybridized carbons (Fsp3) is 0.824. The third kappa shape index (κ3) is 13.6. The van der Waals surface area contributed by atoms with Crippen molar-refractivity contribution in [2.75, 3.05) is 46.0 Å². The minimum Gasteiger partial charge on any atom is -0.466 e. The molecule has 0 aromatic rings. The zero-order valence-electron chi connectivity index (χ0n) is 16.9. The molecule has 0 heterocycles. The van der Waals surface area contributed by atoms with Crippen LogP contribution in [0.25, 0.3) is 0 Å². The second kappa shape index (κ2) is 17.3. The Kier molecular flexibility index (Phi) is 16.9. The lowest BCUT2D eigenvalue weighted by Crippen LogP contribution is -2.42. The molecule has 11 heteroatoms. The number of hydrogen-bond donors (Lipinski definition) is 1. The first-order valence-electron chi connectivity index (χ1n) is 9.16. The largest absolute Gasteiger partial charge is 0.500 e. The summed E-state index contributed by atoms with van der Waals surface area (Å²) in [5, 5.41) is 0.0448. The molecule has 0 aromatic heterocycles. The number of ether oxygens (including phenoxy) is 2. The van der Waals surface area contributed by atoms with Crippen molar-refractivity contribution in [1.82, 2.24) is 0 Å². The maximum Gasteiger partial charge on any atom is 0.500 e. The van der Waals surface area contributed by atoms with Gasteiger partial charge in [0.2, 0.25) is 0 Å². The molecule has 0 unspecified atom stereocenters. The van der Waals surface area contributed by atoms with Gasteiger partial charge in [0.25, 0.3) is 0 Å². The summed E-state index contributed by atoms with van der Waals surface area (Å²) in [4.78, 5) is 34.5. The summed E-state index contributed by atoms with van der Waals surface area (Å²) in [7, 11) is 2.13. The molecule has 0 rings (SSSR count). The number of hydrogen-bond acceptors (Lipinski definition) is 10. The highest BCUT2D eigenvalue weighted by Gasteiger charge is 2.36. The topological polar surface area (TPSA) is 97.4 Å². The van der Waals surface area contributed by atoms with Crippen LogP contribution in [0.3, 0.4) is 0 Å². The van der Waals surface area contributed by atoms with Crippen LogP contribution in [-0.2, 0) is 37.1 Å². The van der Waals surface area contributed by atoms with Crippen LogP contribution in [-0.4, -0.2) is 71.9 Å². The predicted octanol–water partition coefficient (Wildman–Crippen LogP) is 2.48. The van der Waals surface area contributed by atoms with E-state index in [2.05, 4.69) is 12.6 Å². The summed E-state index contributed by atoms with van der Waals surface area (Å²) in [6.45, 7) is 0.405. The molecule has 0 bridgehead atoms. The van der Waals surface area contributed by atoms with Crippen molar-refractivity contribution in [1.29, 1.82) is 0 Å².